The second kappa shape index (κ2) is 2.98. The van der Waals surface area contributed by atoms with Crippen molar-refractivity contribution < 1.29 is 8.78 Å². The van der Waals surface area contributed by atoms with Crippen LogP contribution in [-0.2, 0) is 5.92 Å². The lowest BCUT2D eigenvalue weighted by Crippen LogP contribution is -2.10. The first-order valence-corrected chi connectivity index (χ1v) is 4.66. The number of alkyl halides is 2. The smallest absolute Gasteiger partial charge is 0.278 e. The van der Waals surface area contributed by atoms with Gasteiger partial charge in [-0.05, 0) is 22.0 Å². The molecule has 0 spiro atoms. The highest BCUT2D eigenvalue weighted by Gasteiger charge is 2.26. The summed E-state index contributed by atoms with van der Waals surface area (Å²) in [6, 6.07) is 1.28. The predicted octanol–water partition coefficient (Wildman–Crippen LogP) is 2.60. The Morgan fingerprint density at radius 3 is 2.86 bits per heavy atom. The fraction of sp³-hybridized carbons (Fsp3) is 0.250. The summed E-state index contributed by atoms with van der Waals surface area (Å²) in [5.41, 5.74) is -0.275. The number of hydrogen-bond acceptors (Lipinski definition) is 2. The van der Waals surface area contributed by atoms with E-state index < -0.39 is 5.92 Å². The van der Waals surface area contributed by atoms with E-state index >= 15 is 0 Å². The molecular formula is C8H6BrF2N3. The Balaban J connectivity index is 2.63. The van der Waals surface area contributed by atoms with Crippen LogP contribution in [0.4, 0.5) is 8.78 Å². The first-order valence-electron chi connectivity index (χ1n) is 3.86. The molecule has 3 nitrogen and oxygen atoms in total. The minimum Gasteiger partial charge on any atom is -0.278 e. The molecule has 74 valence electrons. The summed E-state index contributed by atoms with van der Waals surface area (Å²) in [4.78, 5) is 7.60. The lowest BCUT2D eigenvalue weighted by molar-refractivity contribution is 0.0129. The topological polar surface area (TPSA) is 30.2 Å². The van der Waals surface area contributed by atoms with Crippen molar-refractivity contribution in [2.45, 2.75) is 12.8 Å². The van der Waals surface area contributed by atoms with Gasteiger partial charge >= 0.3 is 0 Å². The highest BCUT2D eigenvalue weighted by atomic mass is 79.9. The highest BCUT2D eigenvalue weighted by molar-refractivity contribution is 9.10. The monoisotopic (exact) mass is 261 g/mol. The Bertz CT molecular complexity index is 475. The van der Waals surface area contributed by atoms with Crippen LogP contribution < -0.4 is 0 Å². The predicted molar refractivity (Wildman–Crippen MR) is 50.3 cm³/mol. The van der Waals surface area contributed by atoms with E-state index in [-0.39, 0.29) is 11.5 Å². The van der Waals surface area contributed by atoms with E-state index in [0.29, 0.717) is 4.60 Å². The van der Waals surface area contributed by atoms with Crippen molar-refractivity contribution in [3.8, 4) is 0 Å². The summed E-state index contributed by atoms with van der Waals surface area (Å²) >= 11 is 3.21. The van der Waals surface area contributed by atoms with Gasteiger partial charge in [0.15, 0.2) is 0 Å². The van der Waals surface area contributed by atoms with E-state index in [1.807, 2.05) is 0 Å². The third-order valence-corrected chi connectivity index (χ3v) is 2.37. The van der Waals surface area contributed by atoms with Gasteiger partial charge in [-0.15, -0.1) is 0 Å². The van der Waals surface area contributed by atoms with Crippen LogP contribution in [0.25, 0.3) is 5.78 Å². The average Bonchev–Trinajstić information content (AvgIpc) is 2.46. The van der Waals surface area contributed by atoms with Gasteiger partial charge in [0.1, 0.15) is 10.3 Å². The van der Waals surface area contributed by atoms with Gasteiger partial charge in [-0.2, -0.15) is 8.78 Å². The molecule has 2 aromatic rings. The minimum atomic E-state index is -2.93. The quantitative estimate of drug-likeness (QED) is 0.790. The highest BCUT2D eigenvalue weighted by Crippen LogP contribution is 2.25. The van der Waals surface area contributed by atoms with E-state index in [1.165, 1.54) is 18.5 Å². The van der Waals surface area contributed by atoms with E-state index in [2.05, 4.69) is 25.9 Å². The van der Waals surface area contributed by atoms with Crippen LogP contribution in [0.1, 0.15) is 12.6 Å². The molecule has 2 heterocycles. The van der Waals surface area contributed by atoms with Crippen molar-refractivity contribution in [2.75, 3.05) is 0 Å². The maximum Gasteiger partial charge on any atom is 0.287 e. The van der Waals surface area contributed by atoms with Gasteiger partial charge in [0.2, 0.25) is 5.78 Å². The summed E-state index contributed by atoms with van der Waals surface area (Å²) in [6.45, 7) is 0.809. The molecule has 0 aliphatic carbocycles. The third kappa shape index (κ3) is 1.50. The third-order valence-electron chi connectivity index (χ3n) is 1.78. The fourth-order valence-electron chi connectivity index (χ4n) is 1.09. The van der Waals surface area contributed by atoms with Crippen molar-refractivity contribution in [2.24, 2.45) is 0 Å². The Morgan fingerprint density at radius 1 is 1.50 bits per heavy atom. The number of imidazole rings is 1. The standard InChI is InChI=1S/C8H6BrF2N3/c1-8(10,11)5-2-3-14-6(9)4-12-7(14)13-5/h2-4H,1H3. The number of halogens is 3. The van der Waals surface area contributed by atoms with E-state index in [4.69, 9.17) is 0 Å². The molecule has 0 aliphatic heterocycles. The molecule has 0 N–H and O–H groups in total. The lowest BCUT2D eigenvalue weighted by Gasteiger charge is -2.08. The minimum absolute atomic E-state index is 0.260. The molecule has 0 atom stereocenters. The maximum atomic E-state index is 12.9. The Hall–Kier alpha value is -1.04. The molecule has 0 fully saturated rings. The molecule has 14 heavy (non-hydrogen) atoms. The van der Waals surface area contributed by atoms with Crippen molar-refractivity contribution in [1.29, 1.82) is 0 Å². The lowest BCUT2D eigenvalue weighted by atomic mass is 10.3. The second-order valence-electron chi connectivity index (χ2n) is 2.95. The number of fused-ring (bicyclic) bond motifs is 1. The van der Waals surface area contributed by atoms with Gasteiger partial charge in [0, 0.05) is 13.1 Å². The second-order valence-corrected chi connectivity index (χ2v) is 3.76. The Labute approximate surface area is 86.9 Å². The molecule has 0 saturated carbocycles. The fourth-order valence-corrected chi connectivity index (χ4v) is 1.47. The maximum absolute atomic E-state index is 12.9. The zero-order valence-electron chi connectivity index (χ0n) is 7.21. The zero-order valence-corrected chi connectivity index (χ0v) is 8.79. The van der Waals surface area contributed by atoms with Gasteiger partial charge < -0.3 is 0 Å². The molecule has 0 amide bonds. The van der Waals surface area contributed by atoms with Crippen molar-refractivity contribution in [1.82, 2.24) is 14.4 Å². The van der Waals surface area contributed by atoms with Crippen LogP contribution in [0.2, 0.25) is 0 Å². The Kier molecular flexibility index (Phi) is 2.02. The van der Waals surface area contributed by atoms with Crippen molar-refractivity contribution >= 4 is 21.7 Å². The van der Waals surface area contributed by atoms with Crippen LogP contribution >= 0.6 is 15.9 Å². The molecule has 2 aromatic heterocycles. The molecule has 0 saturated heterocycles. The molecule has 0 radical (unpaired) electrons. The SMILES string of the molecule is CC(F)(F)c1ccn2c(Br)cnc2n1. The normalized spacial score (nSPS) is 12.3. The molecule has 0 aliphatic rings. The molecular weight excluding hydrogens is 256 g/mol. The van der Waals surface area contributed by atoms with Crippen LogP contribution in [0.3, 0.4) is 0 Å². The largest absolute Gasteiger partial charge is 0.287 e. The van der Waals surface area contributed by atoms with Gasteiger partial charge in [-0.1, -0.05) is 0 Å². The van der Waals surface area contributed by atoms with Gasteiger partial charge in [0.05, 0.1) is 6.20 Å². The number of hydrogen-bond donors (Lipinski definition) is 0. The molecule has 0 bridgehead atoms. The molecule has 0 aromatic carbocycles. The summed E-state index contributed by atoms with van der Waals surface area (Å²) in [7, 11) is 0. The molecule has 6 heteroatoms. The van der Waals surface area contributed by atoms with E-state index in [0.717, 1.165) is 6.92 Å². The number of rotatable bonds is 1. The van der Waals surface area contributed by atoms with E-state index in [9.17, 15) is 8.78 Å². The van der Waals surface area contributed by atoms with Crippen LogP contribution in [0, 0.1) is 0 Å². The van der Waals surface area contributed by atoms with Crippen molar-refractivity contribution in [3.63, 3.8) is 0 Å². The number of nitrogens with zero attached hydrogens (tertiary/aromatic N) is 3. The summed E-state index contributed by atoms with van der Waals surface area (Å²) in [5, 5.41) is 0. The first kappa shape index (κ1) is 9.51. The summed E-state index contributed by atoms with van der Waals surface area (Å²) in [6.07, 6.45) is 3.02. The zero-order chi connectivity index (χ0) is 10.3. The van der Waals surface area contributed by atoms with Gasteiger partial charge in [0.25, 0.3) is 5.92 Å². The first-order chi connectivity index (χ1) is 6.48. The number of aromatic nitrogens is 3. The summed E-state index contributed by atoms with van der Waals surface area (Å²) < 4.78 is 28.0. The average molecular weight is 262 g/mol. The van der Waals surface area contributed by atoms with Crippen LogP contribution in [-0.4, -0.2) is 14.4 Å². The van der Waals surface area contributed by atoms with Gasteiger partial charge in [-0.25, -0.2) is 9.97 Å². The molecule has 2 rings (SSSR count). The Morgan fingerprint density at radius 2 is 2.21 bits per heavy atom. The summed E-state index contributed by atoms with van der Waals surface area (Å²) in [5.74, 6) is -2.67. The van der Waals surface area contributed by atoms with Crippen LogP contribution in [0.5, 0.6) is 0 Å². The van der Waals surface area contributed by atoms with Gasteiger partial charge in [-0.3, -0.25) is 4.40 Å². The van der Waals surface area contributed by atoms with Crippen molar-refractivity contribution in [3.05, 3.63) is 28.8 Å². The molecule has 0 unspecified atom stereocenters. The van der Waals surface area contributed by atoms with E-state index in [1.54, 1.807) is 4.40 Å². The van der Waals surface area contributed by atoms with Crippen LogP contribution in [0.15, 0.2) is 23.1 Å².